The minimum absolute atomic E-state index is 0.0332. The van der Waals surface area contributed by atoms with Gasteiger partial charge < -0.3 is 19.7 Å². The molecule has 0 spiro atoms. The zero-order chi connectivity index (χ0) is 36.8. The Balaban J connectivity index is 1.76. The molecule has 0 saturated carbocycles. The summed E-state index contributed by atoms with van der Waals surface area (Å²) in [6.07, 6.45) is 23.5. The number of allylic oxidation sites excluding steroid dienone is 12. The minimum atomic E-state index is -0.394. The van der Waals surface area contributed by atoms with Gasteiger partial charge in [-0.05, 0) is 143 Å². The molecule has 0 bridgehead atoms. The average Bonchev–Trinajstić information content (AvgIpc) is 3.04. The summed E-state index contributed by atoms with van der Waals surface area (Å²) in [5.74, 6) is -0.289. The topological polar surface area (TPSA) is 90.9 Å². The molecular formula is C45H58O5. The number of hydrogen-bond donors (Lipinski definition) is 3. The van der Waals surface area contributed by atoms with Crippen LogP contribution >= 0.6 is 0 Å². The van der Waals surface area contributed by atoms with E-state index in [1.165, 1.54) is 45.8 Å². The Morgan fingerprint density at radius 3 is 1.64 bits per heavy atom. The summed E-state index contributed by atoms with van der Waals surface area (Å²) in [4.78, 5) is 13.8. The fourth-order valence-corrected chi connectivity index (χ4v) is 5.88. The second-order valence-corrected chi connectivity index (χ2v) is 14.2. The van der Waals surface area contributed by atoms with Crippen molar-refractivity contribution < 1.29 is 19.7 Å². The quantitative estimate of drug-likeness (QED) is 0.124. The highest BCUT2D eigenvalue weighted by atomic mass is 16.3. The maximum Gasteiger partial charge on any atom is 0.204 e. The van der Waals surface area contributed by atoms with Crippen LogP contribution in [0.2, 0.25) is 0 Å². The summed E-state index contributed by atoms with van der Waals surface area (Å²) in [5.41, 5.74) is 9.67. The molecule has 5 heteroatoms. The van der Waals surface area contributed by atoms with Gasteiger partial charge >= 0.3 is 0 Å². The van der Waals surface area contributed by atoms with Gasteiger partial charge in [-0.3, -0.25) is 4.79 Å². The molecule has 1 aromatic heterocycles. The van der Waals surface area contributed by atoms with E-state index in [1.54, 1.807) is 18.2 Å². The number of phenolic OH excluding ortho intramolecular Hbond substituents is 3. The summed E-state index contributed by atoms with van der Waals surface area (Å²) >= 11 is 0. The van der Waals surface area contributed by atoms with Crippen molar-refractivity contribution in [2.75, 3.05) is 0 Å². The molecule has 268 valence electrons. The molecule has 0 fully saturated rings. The van der Waals surface area contributed by atoms with E-state index in [-0.39, 0.29) is 33.8 Å². The highest BCUT2D eigenvalue weighted by molar-refractivity contribution is 5.91. The molecule has 3 N–H and O–H groups in total. The highest BCUT2D eigenvalue weighted by Gasteiger charge is 2.19. The maximum absolute atomic E-state index is 13.8. The highest BCUT2D eigenvalue weighted by Crippen LogP contribution is 2.36. The number of fused-ring (bicyclic) bond motifs is 1. The molecule has 0 saturated heterocycles. The van der Waals surface area contributed by atoms with E-state index in [4.69, 9.17) is 4.42 Å². The van der Waals surface area contributed by atoms with Gasteiger partial charge in [-0.1, -0.05) is 76.0 Å². The number of rotatable bonds is 17. The predicted octanol–water partition coefficient (Wildman–Crippen LogP) is 12.5. The van der Waals surface area contributed by atoms with E-state index in [0.29, 0.717) is 29.5 Å². The van der Waals surface area contributed by atoms with Crippen LogP contribution in [0.15, 0.2) is 110 Å². The van der Waals surface area contributed by atoms with Gasteiger partial charge in [-0.2, -0.15) is 0 Å². The van der Waals surface area contributed by atoms with Crippen LogP contribution in [0.4, 0.5) is 0 Å². The van der Waals surface area contributed by atoms with Gasteiger partial charge in [0.2, 0.25) is 5.43 Å². The van der Waals surface area contributed by atoms with E-state index in [1.807, 2.05) is 6.08 Å². The lowest BCUT2D eigenvalue weighted by Crippen LogP contribution is -2.06. The van der Waals surface area contributed by atoms with Gasteiger partial charge in [0.25, 0.3) is 0 Å². The summed E-state index contributed by atoms with van der Waals surface area (Å²) in [6.45, 7) is 17.0. The lowest BCUT2D eigenvalue weighted by atomic mass is 9.98. The summed E-state index contributed by atoms with van der Waals surface area (Å²) in [6, 6.07) is 6.28. The monoisotopic (exact) mass is 678 g/mol. The van der Waals surface area contributed by atoms with Crippen molar-refractivity contribution >= 4 is 11.0 Å². The van der Waals surface area contributed by atoms with Crippen molar-refractivity contribution in [3.63, 3.8) is 0 Å². The van der Waals surface area contributed by atoms with E-state index >= 15 is 0 Å². The molecule has 0 aliphatic heterocycles. The van der Waals surface area contributed by atoms with E-state index < -0.39 is 5.43 Å². The molecule has 0 aliphatic carbocycles. The fraction of sp³-hybridized carbons (Fsp3) is 0.400. The van der Waals surface area contributed by atoms with Gasteiger partial charge in [0.15, 0.2) is 0 Å². The molecule has 2 aromatic carbocycles. The van der Waals surface area contributed by atoms with Crippen LogP contribution < -0.4 is 5.43 Å². The molecule has 0 unspecified atom stereocenters. The van der Waals surface area contributed by atoms with E-state index in [2.05, 4.69) is 85.8 Å². The van der Waals surface area contributed by atoms with Crippen molar-refractivity contribution in [2.24, 2.45) is 0 Å². The Kier molecular flexibility index (Phi) is 15.7. The van der Waals surface area contributed by atoms with Crippen LogP contribution in [-0.4, -0.2) is 15.3 Å². The molecule has 3 aromatic rings. The average molecular weight is 679 g/mol. The zero-order valence-electron chi connectivity index (χ0n) is 31.6. The van der Waals surface area contributed by atoms with Crippen LogP contribution in [-0.2, 0) is 12.8 Å². The van der Waals surface area contributed by atoms with Crippen LogP contribution in [0.25, 0.3) is 22.1 Å². The molecule has 0 amide bonds. The first-order valence-electron chi connectivity index (χ1n) is 18.0. The van der Waals surface area contributed by atoms with Crippen LogP contribution in [0.3, 0.4) is 0 Å². The van der Waals surface area contributed by atoms with Crippen molar-refractivity contribution in [2.45, 2.75) is 120 Å². The van der Waals surface area contributed by atoms with Gasteiger partial charge in [0, 0.05) is 11.6 Å². The normalized spacial score (nSPS) is 12.8. The third kappa shape index (κ3) is 12.4. The first-order valence-corrected chi connectivity index (χ1v) is 18.0. The fourth-order valence-electron chi connectivity index (χ4n) is 5.88. The lowest BCUT2D eigenvalue weighted by Gasteiger charge is -2.11. The standard InChI is InChI=1S/C45H58O5/c1-30(2)13-9-15-32(5)17-11-19-34(7)21-23-37-27-36(24-26-40(37)46)39-29-50-45-38(41(47)28-42(48)43(45)44(39)49)25-22-35(8)20-12-18-33(6)16-10-14-31(3)4/h13-14,17-18,21-22,24,26-29,46-48H,9-12,15-16,19-20,23,25H2,1-8H3/b32-17+,33-18+,34-21+,35-22+. The smallest absolute Gasteiger partial charge is 0.204 e. The molecule has 5 nitrogen and oxygen atoms in total. The molecule has 50 heavy (non-hydrogen) atoms. The number of aromatic hydroxyl groups is 3. The molecular weight excluding hydrogens is 620 g/mol. The van der Waals surface area contributed by atoms with Crippen LogP contribution in [0.5, 0.6) is 17.2 Å². The Hall–Kier alpha value is -4.51. The Labute approximate surface area is 299 Å². The summed E-state index contributed by atoms with van der Waals surface area (Å²) < 4.78 is 5.99. The van der Waals surface area contributed by atoms with E-state index in [9.17, 15) is 20.1 Å². The predicted molar refractivity (Wildman–Crippen MR) is 211 cm³/mol. The summed E-state index contributed by atoms with van der Waals surface area (Å²) in [5, 5.41) is 32.2. The second-order valence-electron chi connectivity index (χ2n) is 14.2. The Bertz CT molecular complexity index is 1870. The molecule has 0 atom stereocenters. The largest absolute Gasteiger partial charge is 0.508 e. The molecule has 0 aliphatic rings. The number of benzene rings is 2. The first-order chi connectivity index (χ1) is 23.8. The lowest BCUT2D eigenvalue weighted by molar-refractivity contribution is 0.447. The van der Waals surface area contributed by atoms with Crippen molar-refractivity contribution in [1.29, 1.82) is 0 Å². The van der Waals surface area contributed by atoms with Crippen molar-refractivity contribution in [1.82, 2.24) is 0 Å². The molecule has 1 heterocycles. The van der Waals surface area contributed by atoms with Crippen molar-refractivity contribution in [3.05, 3.63) is 122 Å². The molecule has 0 radical (unpaired) electrons. The van der Waals surface area contributed by atoms with Gasteiger partial charge in [0.1, 0.15) is 34.5 Å². The zero-order valence-corrected chi connectivity index (χ0v) is 31.6. The van der Waals surface area contributed by atoms with Gasteiger partial charge in [-0.15, -0.1) is 0 Å². The molecule has 3 rings (SSSR count). The Morgan fingerprint density at radius 1 is 0.600 bits per heavy atom. The van der Waals surface area contributed by atoms with Crippen molar-refractivity contribution in [3.8, 4) is 28.4 Å². The Morgan fingerprint density at radius 2 is 1.10 bits per heavy atom. The SMILES string of the molecule is CC(C)=CCC/C(C)=C/CC/C(C)=C/Cc1cc(-c2coc3c(C/C=C(\C)CC/C=C(\C)CCC=C(C)C)c(O)cc(O)c3c2=O)ccc1O. The van der Waals surface area contributed by atoms with Crippen LogP contribution in [0.1, 0.15) is 118 Å². The second kappa shape index (κ2) is 19.6. The van der Waals surface area contributed by atoms with E-state index in [0.717, 1.165) is 51.4 Å². The number of hydrogen-bond acceptors (Lipinski definition) is 5. The maximum atomic E-state index is 13.8. The van der Waals surface area contributed by atoms with Crippen LogP contribution in [0, 0.1) is 0 Å². The third-order valence-electron chi connectivity index (χ3n) is 9.07. The minimum Gasteiger partial charge on any atom is -0.508 e. The third-order valence-corrected chi connectivity index (χ3v) is 9.07. The summed E-state index contributed by atoms with van der Waals surface area (Å²) in [7, 11) is 0. The van der Waals surface area contributed by atoms with Gasteiger partial charge in [-0.25, -0.2) is 0 Å². The van der Waals surface area contributed by atoms with Gasteiger partial charge in [0.05, 0.1) is 5.56 Å². The number of phenols is 3. The first kappa shape index (κ1) is 39.9.